The highest BCUT2D eigenvalue weighted by molar-refractivity contribution is 6.35. The molecular weight excluding hydrogens is 456 g/mol. The molecule has 0 bridgehead atoms. The van der Waals surface area contributed by atoms with Crippen molar-refractivity contribution < 1.29 is 18.8 Å². The molecule has 0 aliphatic heterocycles. The van der Waals surface area contributed by atoms with E-state index in [9.17, 15) is 18.8 Å². The van der Waals surface area contributed by atoms with E-state index in [2.05, 4.69) is 10.6 Å². The summed E-state index contributed by atoms with van der Waals surface area (Å²) in [5.41, 5.74) is 5.77. The van der Waals surface area contributed by atoms with Crippen molar-refractivity contribution in [2.24, 2.45) is 5.73 Å². The van der Waals surface area contributed by atoms with Gasteiger partial charge in [0.05, 0.1) is 11.1 Å². The van der Waals surface area contributed by atoms with E-state index in [1.165, 1.54) is 30.3 Å². The van der Waals surface area contributed by atoms with Crippen molar-refractivity contribution in [2.75, 3.05) is 0 Å². The quantitative estimate of drug-likeness (QED) is 0.504. The third kappa shape index (κ3) is 6.58. The zero-order chi connectivity index (χ0) is 22.4. The van der Waals surface area contributed by atoms with Gasteiger partial charge in [-0.2, -0.15) is 0 Å². The van der Waals surface area contributed by atoms with Gasteiger partial charge in [0.15, 0.2) is 0 Å². The Morgan fingerprint density at radius 3 is 2.27 bits per heavy atom. The predicted octanol–water partition coefficient (Wildman–Crippen LogP) is 4.03. The number of halogens is 4. The first-order valence-corrected chi connectivity index (χ1v) is 10.0. The van der Waals surface area contributed by atoms with E-state index in [0.717, 1.165) is 6.07 Å². The Balaban J connectivity index is 2.16. The van der Waals surface area contributed by atoms with Crippen molar-refractivity contribution in [2.45, 2.75) is 31.8 Å². The molecule has 0 aliphatic rings. The number of benzene rings is 2. The van der Waals surface area contributed by atoms with Gasteiger partial charge in [-0.3, -0.25) is 14.4 Å². The Hall–Kier alpha value is -2.35. The molecule has 10 heteroatoms. The molecule has 0 spiro atoms. The van der Waals surface area contributed by atoms with Crippen molar-refractivity contribution in [3.8, 4) is 0 Å². The standard InChI is InChI=1S/C20H19Cl3FN3O3/c1-10(13-8-16(24)15(23)9-14(13)22)26-20(30)17(6-7-18(25)28)27-19(29)11-2-4-12(21)5-3-11/h2-5,8-10,17H,6-7H2,1H3,(H2,25,28)(H,26,30)(H,27,29)/t10?,17-/m0/s1. The van der Waals surface area contributed by atoms with Gasteiger partial charge in [0.25, 0.3) is 5.91 Å². The monoisotopic (exact) mass is 473 g/mol. The second kappa shape index (κ2) is 10.6. The molecule has 0 fully saturated rings. The number of carbonyl (C=O) groups excluding carboxylic acids is 3. The fraction of sp³-hybridized carbons (Fsp3) is 0.250. The van der Waals surface area contributed by atoms with Crippen molar-refractivity contribution >= 4 is 52.5 Å². The first-order valence-electron chi connectivity index (χ1n) is 8.88. The molecule has 0 radical (unpaired) electrons. The summed E-state index contributed by atoms with van der Waals surface area (Å²) in [6.45, 7) is 1.60. The third-order valence-corrected chi connectivity index (χ3v) is 5.14. The summed E-state index contributed by atoms with van der Waals surface area (Å²) in [6, 6.07) is 6.68. The molecule has 0 aromatic heterocycles. The Kier molecular flexibility index (Phi) is 8.46. The van der Waals surface area contributed by atoms with E-state index in [4.69, 9.17) is 40.5 Å². The molecule has 0 heterocycles. The SMILES string of the molecule is CC(NC(=O)[C@H](CCC(N)=O)NC(=O)c1ccc(Cl)cc1)c1cc(F)c(Cl)cc1Cl. The van der Waals surface area contributed by atoms with E-state index in [-0.39, 0.29) is 28.5 Å². The van der Waals surface area contributed by atoms with Gasteiger partial charge in [0.1, 0.15) is 11.9 Å². The molecule has 2 aromatic rings. The van der Waals surface area contributed by atoms with Gasteiger partial charge in [-0.15, -0.1) is 0 Å². The van der Waals surface area contributed by atoms with Crippen molar-refractivity contribution in [3.63, 3.8) is 0 Å². The molecule has 1 unspecified atom stereocenters. The van der Waals surface area contributed by atoms with Gasteiger partial charge < -0.3 is 16.4 Å². The van der Waals surface area contributed by atoms with Crippen molar-refractivity contribution in [1.29, 1.82) is 0 Å². The lowest BCUT2D eigenvalue weighted by Crippen LogP contribution is -2.47. The molecule has 4 N–H and O–H groups in total. The van der Waals surface area contributed by atoms with Crippen LogP contribution in [0.1, 0.15) is 41.7 Å². The van der Waals surface area contributed by atoms with Gasteiger partial charge in [-0.05, 0) is 55.3 Å². The first kappa shape index (κ1) is 23.9. The lowest BCUT2D eigenvalue weighted by molar-refractivity contribution is -0.124. The Morgan fingerprint density at radius 1 is 1.03 bits per heavy atom. The molecular formula is C20H19Cl3FN3O3. The second-order valence-electron chi connectivity index (χ2n) is 6.56. The average molecular weight is 475 g/mol. The summed E-state index contributed by atoms with van der Waals surface area (Å²) in [5, 5.41) is 5.71. The summed E-state index contributed by atoms with van der Waals surface area (Å²) in [5.74, 6) is -2.42. The first-order chi connectivity index (χ1) is 14.1. The summed E-state index contributed by atoms with van der Waals surface area (Å²) in [6.07, 6.45) is -0.139. The third-order valence-electron chi connectivity index (χ3n) is 4.27. The molecule has 160 valence electrons. The maximum absolute atomic E-state index is 13.8. The smallest absolute Gasteiger partial charge is 0.251 e. The van der Waals surface area contributed by atoms with Crippen LogP contribution in [0.15, 0.2) is 36.4 Å². The fourth-order valence-electron chi connectivity index (χ4n) is 2.66. The van der Waals surface area contributed by atoms with Gasteiger partial charge in [-0.25, -0.2) is 4.39 Å². The maximum Gasteiger partial charge on any atom is 0.251 e. The number of hydrogen-bond acceptors (Lipinski definition) is 3. The number of hydrogen-bond donors (Lipinski definition) is 3. The molecule has 2 rings (SSSR count). The minimum atomic E-state index is -1.06. The number of primary amides is 1. The van der Waals surface area contributed by atoms with Crippen LogP contribution in [0, 0.1) is 5.82 Å². The number of rotatable bonds is 8. The van der Waals surface area contributed by atoms with E-state index in [0.29, 0.717) is 10.6 Å². The van der Waals surface area contributed by atoms with Gasteiger partial charge in [0, 0.05) is 22.0 Å². The topological polar surface area (TPSA) is 101 Å². The van der Waals surface area contributed by atoms with E-state index >= 15 is 0 Å². The van der Waals surface area contributed by atoms with E-state index in [1.54, 1.807) is 6.92 Å². The fourth-order valence-corrected chi connectivity index (χ4v) is 3.33. The molecule has 3 amide bonds. The van der Waals surface area contributed by atoms with Crippen LogP contribution in [-0.4, -0.2) is 23.8 Å². The zero-order valence-corrected chi connectivity index (χ0v) is 18.1. The van der Waals surface area contributed by atoms with Crippen LogP contribution in [0.5, 0.6) is 0 Å². The Bertz CT molecular complexity index is 954. The van der Waals surface area contributed by atoms with E-state index < -0.39 is 35.6 Å². The summed E-state index contributed by atoms with van der Waals surface area (Å²) < 4.78 is 13.8. The normalized spacial score (nSPS) is 12.7. The van der Waals surface area contributed by atoms with Crippen LogP contribution in [0.2, 0.25) is 15.1 Å². The molecule has 2 aromatic carbocycles. The second-order valence-corrected chi connectivity index (χ2v) is 7.81. The zero-order valence-electron chi connectivity index (χ0n) is 15.8. The van der Waals surface area contributed by atoms with Gasteiger partial charge in [-0.1, -0.05) is 34.8 Å². The van der Waals surface area contributed by atoms with Crippen LogP contribution in [0.4, 0.5) is 4.39 Å². The summed E-state index contributed by atoms with van der Waals surface area (Å²) in [7, 11) is 0. The number of nitrogens with one attached hydrogen (secondary N) is 2. The Morgan fingerprint density at radius 2 is 1.67 bits per heavy atom. The highest BCUT2D eigenvalue weighted by Gasteiger charge is 2.24. The minimum absolute atomic E-state index is 0.0179. The lowest BCUT2D eigenvalue weighted by atomic mass is 10.1. The van der Waals surface area contributed by atoms with Gasteiger partial charge in [0.2, 0.25) is 11.8 Å². The molecule has 2 atom stereocenters. The van der Waals surface area contributed by atoms with Crippen molar-refractivity contribution in [1.82, 2.24) is 10.6 Å². The lowest BCUT2D eigenvalue weighted by Gasteiger charge is -2.22. The number of carbonyl (C=O) groups is 3. The summed E-state index contributed by atoms with van der Waals surface area (Å²) in [4.78, 5) is 36.4. The number of amides is 3. The van der Waals surface area contributed by atoms with Gasteiger partial charge >= 0.3 is 0 Å². The molecule has 0 aliphatic carbocycles. The Labute approximate surface area is 187 Å². The van der Waals surface area contributed by atoms with Crippen molar-refractivity contribution in [3.05, 3.63) is 68.4 Å². The van der Waals surface area contributed by atoms with E-state index in [1.807, 2.05) is 0 Å². The average Bonchev–Trinajstić information content (AvgIpc) is 2.67. The highest BCUT2D eigenvalue weighted by atomic mass is 35.5. The molecule has 0 saturated heterocycles. The predicted molar refractivity (Wildman–Crippen MR) is 114 cm³/mol. The van der Waals surface area contributed by atoms with Crippen LogP contribution in [0.3, 0.4) is 0 Å². The van der Waals surface area contributed by atoms with Crippen LogP contribution in [-0.2, 0) is 9.59 Å². The maximum atomic E-state index is 13.8. The molecule has 0 saturated carbocycles. The molecule has 30 heavy (non-hydrogen) atoms. The summed E-state index contributed by atoms with van der Waals surface area (Å²) >= 11 is 17.6. The largest absolute Gasteiger partial charge is 0.370 e. The highest BCUT2D eigenvalue weighted by Crippen LogP contribution is 2.28. The van der Waals surface area contributed by atoms with Crippen LogP contribution >= 0.6 is 34.8 Å². The minimum Gasteiger partial charge on any atom is -0.370 e. The van der Waals surface area contributed by atoms with Crippen LogP contribution in [0.25, 0.3) is 0 Å². The number of nitrogens with two attached hydrogens (primary N) is 1. The van der Waals surface area contributed by atoms with Crippen LogP contribution < -0.4 is 16.4 Å². The molecule has 6 nitrogen and oxygen atoms in total.